The summed E-state index contributed by atoms with van der Waals surface area (Å²) in [6.45, 7) is 2.53. The van der Waals surface area contributed by atoms with E-state index in [2.05, 4.69) is 5.32 Å². The molecule has 1 amide bonds. The minimum absolute atomic E-state index is 0.123. The molecule has 0 aliphatic heterocycles. The van der Waals surface area contributed by atoms with Gasteiger partial charge in [0.1, 0.15) is 0 Å². The molecule has 0 aliphatic carbocycles. The molecule has 0 aliphatic rings. The second-order valence-electron chi connectivity index (χ2n) is 4.59. The number of rotatable bonds is 4. The van der Waals surface area contributed by atoms with Crippen LogP contribution in [0.25, 0.3) is 0 Å². The average molecular weight is 287 g/mol. The molecule has 0 saturated heterocycles. The van der Waals surface area contributed by atoms with Crippen molar-refractivity contribution in [1.82, 2.24) is 5.32 Å². The molecule has 1 N–H and O–H groups in total. The molecule has 104 valence electrons. The van der Waals surface area contributed by atoms with Gasteiger partial charge in [-0.1, -0.05) is 24.3 Å². The van der Waals surface area contributed by atoms with E-state index in [-0.39, 0.29) is 5.91 Å². The molecule has 0 saturated carbocycles. The van der Waals surface area contributed by atoms with Crippen molar-refractivity contribution in [3.8, 4) is 0 Å². The average Bonchev–Trinajstić information content (AvgIpc) is 2.46. The first kappa shape index (κ1) is 14.5. The molecule has 4 heteroatoms. The monoisotopic (exact) mass is 287 g/mol. The van der Waals surface area contributed by atoms with Gasteiger partial charge in [-0.3, -0.25) is 9.00 Å². The molecule has 0 fully saturated rings. The van der Waals surface area contributed by atoms with Crippen LogP contribution in [0.15, 0.2) is 53.4 Å². The molecule has 0 spiro atoms. The molecule has 1 atom stereocenters. The predicted octanol–water partition coefficient (Wildman–Crippen LogP) is 2.66. The Kier molecular flexibility index (Phi) is 4.69. The zero-order valence-electron chi connectivity index (χ0n) is 11.6. The zero-order valence-corrected chi connectivity index (χ0v) is 12.4. The summed E-state index contributed by atoms with van der Waals surface area (Å²) in [4.78, 5) is 12.7. The van der Waals surface area contributed by atoms with E-state index in [1.54, 1.807) is 30.5 Å². The number of carbonyl (C=O) groups excluding carboxylic acids is 1. The first-order valence-electron chi connectivity index (χ1n) is 6.34. The maximum atomic E-state index is 12.0. The molecule has 2 aromatic rings. The van der Waals surface area contributed by atoms with Gasteiger partial charge in [0.2, 0.25) is 0 Å². The Morgan fingerprint density at radius 3 is 2.35 bits per heavy atom. The number of hydrogen-bond donors (Lipinski definition) is 1. The van der Waals surface area contributed by atoms with E-state index < -0.39 is 10.8 Å². The highest BCUT2D eigenvalue weighted by atomic mass is 32.2. The highest BCUT2D eigenvalue weighted by Gasteiger charge is 2.06. The number of benzene rings is 2. The van der Waals surface area contributed by atoms with E-state index >= 15 is 0 Å². The maximum absolute atomic E-state index is 12.0. The van der Waals surface area contributed by atoms with Crippen molar-refractivity contribution in [2.45, 2.75) is 18.4 Å². The van der Waals surface area contributed by atoms with Crippen LogP contribution in [0.3, 0.4) is 0 Å². The highest BCUT2D eigenvalue weighted by molar-refractivity contribution is 7.84. The zero-order chi connectivity index (χ0) is 14.5. The van der Waals surface area contributed by atoms with Crippen LogP contribution in [0.4, 0.5) is 0 Å². The van der Waals surface area contributed by atoms with Crippen molar-refractivity contribution >= 4 is 16.7 Å². The smallest absolute Gasteiger partial charge is 0.251 e. The largest absolute Gasteiger partial charge is 0.348 e. The van der Waals surface area contributed by atoms with Crippen LogP contribution in [-0.2, 0) is 17.3 Å². The van der Waals surface area contributed by atoms with Gasteiger partial charge in [-0.25, -0.2) is 0 Å². The van der Waals surface area contributed by atoms with Gasteiger partial charge < -0.3 is 5.32 Å². The second kappa shape index (κ2) is 6.48. The van der Waals surface area contributed by atoms with Crippen LogP contribution >= 0.6 is 0 Å². The standard InChI is InChI=1S/C16H17NO2S/c1-12-5-3-4-6-14(12)11-17-16(18)13-7-9-15(10-8-13)20(2)19/h3-10H,11H2,1-2H3,(H,17,18). The van der Waals surface area contributed by atoms with E-state index in [1.165, 1.54) is 0 Å². The number of nitrogens with one attached hydrogen (secondary N) is 1. The third kappa shape index (κ3) is 3.54. The number of aryl methyl sites for hydroxylation is 1. The topological polar surface area (TPSA) is 46.2 Å². The highest BCUT2D eigenvalue weighted by Crippen LogP contribution is 2.09. The van der Waals surface area contributed by atoms with Crippen LogP contribution in [0.5, 0.6) is 0 Å². The maximum Gasteiger partial charge on any atom is 0.251 e. The van der Waals surface area contributed by atoms with Gasteiger partial charge >= 0.3 is 0 Å². The van der Waals surface area contributed by atoms with Crippen LogP contribution in [-0.4, -0.2) is 16.4 Å². The lowest BCUT2D eigenvalue weighted by atomic mass is 10.1. The Balaban J connectivity index is 2.02. The lowest BCUT2D eigenvalue weighted by Crippen LogP contribution is -2.23. The molecule has 20 heavy (non-hydrogen) atoms. The SMILES string of the molecule is Cc1ccccc1CNC(=O)c1ccc(S(C)=O)cc1. The van der Waals surface area contributed by atoms with Gasteiger partial charge in [-0.2, -0.15) is 0 Å². The summed E-state index contributed by atoms with van der Waals surface area (Å²) in [5, 5.41) is 2.89. The van der Waals surface area contributed by atoms with Gasteiger partial charge in [0.25, 0.3) is 5.91 Å². The quantitative estimate of drug-likeness (QED) is 0.939. The van der Waals surface area contributed by atoms with Gasteiger partial charge in [-0.05, 0) is 42.3 Å². The Hall–Kier alpha value is -1.94. The fourth-order valence-electron chi connectivity index (χ4n) is 1.88. The third-order valence-corrected chi connectivity index (χ3v) is 4.09. The molecule has 3 nitrogen and oxygen atoms in total. The number of hydrogen-bond acceptors (Lipinski definition) is 2. The fraction of sp³-hybridized carbons (Fsp3) is 0.188. The summed E-state index contributed by atoms with van der Waals surface area (Å²) >= 11 is 0. The van der Waals surface area contributed by atoms with Crippen molar-refractivity contribution in [2.24, 2.45) is 0 Å². The molecule has 0 heterocycles. The van der Waals surface area contributed by atoms with Gasteiger partial charge in [0.05, 0.1) is 0 Å². The van der Waals surface area contributed by atoms with Crippen molar-refractivity contribution < 1.29 is 9.00 Å². The minimum Gasteiger partial charge on any atom is -0.348 e. The first-order chi connectivity index (χ1) is 9.58. The predicted molar refractivity (Wildman–Crippen MR) is 81.1 cm³/mol. The molecular formula is C16H17NO2S. The molecule has 0 aromatic heterocycles. The van der Waals surface area contributed by atoms with E-state index in [0.29, 0.717) is 12.1 Å². The number of amides is 1. The fourth-order valence-corrected chi connectivity index (χ4v) is 2.40. The first-order valence-corrected chi connectivity index (χ1v) is 7.90. The summed E-state index contributed by atoms with van der Waals surface area (Å²) < 4.78 is 11.3. The lowest BCUT2D eigenvalue weighted by Gasteiger charge is -2.08. The normalized spacial score (nSPS) is 11.9. The molecule has 1 unspecified atom stereocenters. The summed E-state index contributed by atoms with van der Waals surface area (Å²) in [6, 6.07) is 14.8. The van der Waals surface area contributed by atoms with Gasteiger partial charge in [0, 0.05) is 34.1 Å². The molecule has 2 rings (SSSR count). The van der Waals surface area contributed by atoms with E-state index in [1.807, 2.05) is 31.2 Å². The van der Waals surface area contributed by atoms with Crippen LogP contribution in [0.1, 0.15) is 21.5 Å². The Bertz CT molecular complexity index is 635. The molecule has 0 bridgehead atoms. The molecular weight excluding hydrogens is 270 g/mol. The van der Waals surface area contributed by atoms with Gasteiger partial charge in [-0.15, -0.1) is 0 Å². The van der Waals surface area contributed by atoms with Crippen LogP contribution < -0.4 is 5.32 Å². The Labute approximate surface area is 121 Å². The van der Waals surface area contributed by atoms with E-state index in [0.717, 1.165) is 16.0 Å². The minimum atomic E-state index is -1.02. The third-order valence-electron chi connectivity index (χ3n) is 3.15. The van der Waals surface area contributed by atoms with Gasteiger partial charge in [0.15, 0.2) is 0 Å². The molecule has 2 aromatic carbocycles. The molecule has 0 radical (unpaired) electrons. The van der Waals surface area contributed by atoms with E-state index in [4.69, 9.17) is 0 Å². The van der Waals surface area contributed by atoms with E-state index in [9.17, 15) is 9.00 Å². The van der Waals surface area contributed by atoms with Crippen molar-refractivity contribution in [3.05, 3.63) is 65.2 Å². The number of carbonyl (C=O) groups is 1. The van der Waals surface area contributed by atoms with Crippen molar-refractivity contribution in [3.63, 3.8) is 0 Å². The second-order valence-corrected chi connectivity index (χ2v) is 5.97. The van der Waals surface area contributed by atoms with Crippen LogP contribution in [0.2, 0.25) is 0 Å². The summed E-state index contributed by atoms with van der Waals surface area (Å²) in [6.07, 6.45) is 1.62. The summed E-state index contributed by atoms with van der Waals surface area (Å²) in [7, 11) is -1.02. The summed E-state index contributed by atoms with van der Waals surface area (Å²) in [5.74, 6) is -0.123. The Morgan fingerprint density at radius 1 is 1.10 bits per heavy atom. The Morgan fingerprint density at radius 2 is 1.75 bits per heavy atom. The van der Waals surface area contributed by atoms with Crippen LogP contribution in [0, 0.1) is 6.92 Å². The van der Waals surface area contributed by atoms with Crippen molar-refractivity contribution in [2.75, 3.05) is 6.26 Å². The summed E-state index contributed by atoms with van der Waals surface area (Å²) in [5.41, 5.74) is 2.84. The van der Waals surface area contributed by atoms with Crippen molar-refractivity contribution in [1.29, 1.82) is 0 Å². The lowest BCUT2D eigenvalue weighted by molar-refractivity contribution is 0.0951.